The Hall–Kier alpha value is -2.99. The molecule has 0 saturated carbocycles. The van der Waals surface area contributed by atoms with Crippen molar-refractivity contribution in [3.63, 3.8) is 0 Å². The zero-order valence-electron chi connectivity index (χ0n) is 16.4. The van der Waals surface area contributed by atoms with Gasteiger partial charge in [0.25, 0.3) is 5.56 Å². The molecule has 0 spiro atoms. The molecule has 0 unspecified atom stereocenters. The smallest absolute Gasteiger partial charge is 0.258 e. The Morgan fingerprint density at radius 1 is 1.14 bits per heavy atom. The van der Waals surface area contributed by atoms with Crippen molar-refractivity contribution in [1.82, 2.24) is 14.9 Å². The first-order valence-corrected chi connectivity index (χ1v) is 9.62. The molecule has 0 fully saturated rings. The summed E-state index contributed by atoms with van der Waals surface area (Å²) in [6.45, 7) is 5.54. The number of nitrogens with one attached hydrogen (secondary N) is 2. The fourth-order valence-corrected chi connectivity index (χ4v) is 3.06. The zero-order chi connectivity index (χ0) is 19.9. The van der Waals surface area contributed by atoms with Crippen LogP contribution in [0.4, 0.5) is 5.69 Å². The Morgan fingerprint density at radius 3 is 2.64 bits per heavy atom. The van der Waals surface area contributed by atoms with Crippen LogP contribution < -0.4 is 10.9 Å². The molecule has 0 atom stereocenters. The normalized spacial score (nSPS) is 11.1. The standard InChI is InChI=1S/C22H26N4O2/c1-3-4-13-26(15-21(27)23-17-11-9-16(2)10-12-17)14-20-24-19-8-6-5-7-18(19)22(28)25-20/h5-12H,3-4,13-15H2,1-2H3,(H,23,27)(H,24,25,28). The predicted molar refractivity (Wildman–Crippen MR) is 112 cm³/mol. The Morgan fingerprint density at radius 2 is 1.89 bits per heavy atom. The van der Waals surface area contributed by atoms with Gasteiger partial charge in [-0.05, 0) is 44.2 Å². The minimum atomic E-state index is -0.153. The van der Waals surface area contributed by atoms with E-state index in [0.29, 0.717) is 23.3 Å². The van der Waals surface area contributed by atoms with E-state index in [1.165, 1.54) is 0 Å². The van der Waals surface area contributed by atoms with Gasteiger partial charge in [-0.1, -0.05) is 43.2 Å². The van der Waals surface area contributed by atoms with Crippen LogP contribution >= 0.6 is 0 Å². The molecule has 0 aliphatic heterocycles. The van der Waals surface area contributed by atoms with Crippen molar-refractivity contribution in [2.75, 3.05) is 18.4 Å². The summed E-state index contributed by atoms with van der Waals surface area (Å²) < 4.78 is 0. The van der Waals surface area contributed by atoms with Crippen LogP contribution in [0.3, 0.4) is 0 Å². The fraction of sp³-hybridized carbons (Fsp3) is 0.318. The first-order chi connectivity index (χ1) is 13.5. The lowest BCUT2D eigenvalue weighted by Gasteiger charge is -2.21. The maximum Gasteiger partial charge on any atom is 0.258 e. The van der Waals surface area contributed by atoms with E-state index in [-0.39, 0.29) is 18.0 Å². The summed E-state index contributed by atoms with van der Waals surface area (Å²) in [5.74, 6) is 0.492. The Labute approximate surface area is 164 Å². The summed E-state index contributed by atoms with van der Waals surface area (Å²) in [6.07, 6.45) is 1.99. The molecule has 0 bridgehead atoms. The van der Waals surface area contributed by atoms with Crippen LogP contribution in [-0.4, -0.2) is 33.9 Å². The molecule has 1 heterocycles. The first kappa shape index (κ1) is 19.8. The maximum atomic E-state index is 12.5. The molecule has 3 aromatic rings. The number of carbonyl (C=O) groups excluding carboxylic acids is 1. The van der Waals surface area contributed by atoms with Gasteiger partial charge in [0, 0.05) is 5.69 Å². The van der Waals surface area contributed by atoms with Crippen LogP contribution in [0, 0.1) is 6.92 Å². The second-order valence-corrected chi connectivity index (χ2v) is 7.01. The highest BCUT2D eigenvalue weighted by Crippen LogP contribution is 2.10. The quantitative estimate of drug-likeness (QED) is 0.629. The number of carbonyl (C=O) groups is 1. The van der Waals surface area contributed by atoms with Gasteiger partial charge in [-0.15, -0.1) is 0 Å². The van der Waals surface area contributed by atoms with Crippen LogP contribution in [0.2, 0.25) is 0 Å². The highest BCUT2D eigenvalue weighted by Gasteiger charge is 2.13. The van der Waals surface area contributed by atoms with E-state index < -0.39 is 0 Å². The number of aromatic nitrogens is 2. The molecule has 0 aliphatic carbocycles. The van der Waals surface area contributed by atoms with E-state index in [0.717, 1.165) is 30.6 Å². The molecule has 0 saturated heterocycles. The number of amides is 1. The third-order valence-corrected chi connectivity index (χ3v) is 4.57. The zero-order valence-corrected chi connectivity index (χ0v) is 16.4. The minimum absolute atomic E-state index is 0.0805. The summed E-state index contributed by atoms with van der Waals surface area (Å²) in [5.41, 5.74) is 2.44. The Kier molecular flexibility index (Phi) is 6.55. The predicted octanol–water partition coefficient (Wildman–Crippen LogP) is 3.47. The molecule has 0 radical (unpaired) electrons. The van der Waals surface area contributed by atoms with Gasteiger partial charge in [0.1, 0.15) is 5.82 Å². The van der Waals surface area contributed by atoms with Gasteiger partial charge < -0.3 is 10.3 Å². The highest BCUT2D eigenvalue weighted by atomic mass is 16.2. The third kappa shape index (κ3) is 5.27. The fourth-order valence-electron chi connectivity index (χ4n) is 3.06. The van der Waals surface area contributed by atoms with Crippen LogP contribution in [0.1, 0.15) is 31.2 Å². The number of nitrogens with zero attached hydrogens (tertiary/aromatic N) is 2. The molecule has 6 heteroatoms. The number of rotatable bonds is 8. The topological polar surface area (TPSA) is 78.1 Å². The number of hydrogen-bond donors (Lipinski definition) is 2. The summed E-state index contributed by atoms with van der Waals surface area (Å²) in [4.78, 5) is 34.2. The number of benzene rings is 2. The lowest BCUT2D eigenvalue weighted by molar-refractivity contribution is -0.117. The number of hydrogen-bond acceptors (Lipinski definition) is 4. The van der Waals surface area contributed by atoms with Crippen molar-refractivity contribution in [2.45, 2.75) is 33.2 Å². The molecular weight excluding hydrogens is 352 g/mol. The van der Waals surface area contributed by atoms with Crippen LogP contribution in [0.25, 0.3) is 10.9 Å². The largest absolute Gasteiger partial charge is 0.325 e. The molecule has 1 aromatic heterocycles. The maximum absolute atomic E-state index is 12.5. The molecule has 6 nitrogen and oxygen atoms in total. The lowest BCUT2D eigenvalue weighted by atomic mass is 10.2. The summed E-state index contributed by atoms with van der Waals surface area (Å²) in [6, 6.07) is 15.0. The highest BCUT2D eigenvalue weighted by molar-refractivity contribution is 5.92. The van der Waals surface area contributed by atoms with Crippen molar-refractivity contribution >= 4 is 22.5 Å². The van der Waals surface area contributed by atoms with Crippen LogP contribution in [-0.2, 0) is 11.3 Å². The second kappa shape index (κ2) is 9.28. The van der Waals surface area contributed by atoms with Crippen molar-refractivity contribution in [3.05, 3.63) is 70.3 Å². The van der Waals surface area contributed by atoms with Crippen LogP contribution in [0.15, 0.2) is 53.3 Å². The van der Waals surface area contributed by atoms with Crippen LogP contribution in [0.5, 0.6) is 0 Å². The minimum Gasteiger partial charge on any atom is -0.325 e. The summed E-state index contributed by atoms with van der Waals surface area (Å²) in [7, 11) is 0. The molecular formula is C22H26N4O2. The molecule has 0 aliphatic rings. The molecule has 146 valence electrons. The van der Waals surface area contributed by atoms with Gasteiger partial charge in [0.15, 0.2) is 0 Å². The number of aryl methyl sites for hydroxylation is 1. The number of fused-ring (bicyclic) bond motifs is 1. The number of H-pyrrole nitrogens is 1. The lowest BCUT2D eigenvalue weighted by Crippen LogP contribution is -2.34. The van der Waals surface area contributed by atoms with E-state index in [1.807, 2.05) is 54.3 Å². The number of anilines is 1. The van der Waals surface area contributed by atoms with Crippen molar-refractivity contribution in [2.24, 2.45) is 0 Å². The van der Waals surface area contributed by atoms with Gasteiger partial charge in [-0.25, -0.2) is 4.98 Å². The number of aromatic amines is 1. The van der Waals surface area contributed by atoms with Gasteiger partial charge in [0.05, 0.1) is 24.0 Å². The van der Waals surface area contributed by atoms with E-state index in [4.69, 9.17) is 0 Å². The van der Waals surface area contributed by atoms with Gasteiger partial charge in [-0.3, -0.25) is 14.5 Å². The van der Waals surface area contributed by atoms with Crippen molar-refractivity contribution < 1.29 is 4.79 Å². The Balaban J connectivity index is 1.72. The van der Waals surface area contributed by atoms with Gasteiger partial charge in [-0.2, -0.15) is 0 Å². The van der Waals surface area contributed by atoms with Gasteiger partial charge in [0.2, 0.25) is 5.91 Å². The average molecular weight is 378 g/mol. The molecule has 2 N–H and O–H groups in total. The van der Waals surface area contributed by atoms with E-state index in [9.17, 15) is 9.59 Å². The van der Waals surface area contributed by atoms with Crippen molar-refractivity contribution in [3.8, 4) is 0 Å². The monoisotopic (exact) mass is 378 g/mol. The SMILES string of the molecule is CCCCN(CC(=O)Nc1ccc(C)cc1)Cc1nc2ccccc2c(=O)[nH]1. The van der Waals surface area contributed by atoms with E-state index in [1.54, 1.807) is 6.07 Å². The molecule has 2 aromatic carbocycles. The number of para-hydroxylation sites is 1. The van der Waals surface area contributed by atoms with E-state index >= 15 is 0 Å². The first-order valence-electron chi connectivity index (χ1n) is 9.62. The van der Waals surface area contributed by atoms with E-state index in [2.05, 4.69) is 22.2 Å². The summed E-state index contributed by atoms with van der Waals surface area (Å²) in [5, 5.41) is 3.50. The third-order valence-electron chi connectivity index (χ3n) is 4.57. The molecule has 1 amide bonds. The second-order valence-electron chi connectivity index (χ2n) is 7.01. The number of unbranched alkanes of at least 4 members (excludes halogenated alkanes) is 1. The van der Waals surface area contributed by atoms with Crippen molar-refractivity contribution in [1.29, 1.82) is 0 Å². The summed E-state index contributed by atoms with van der Waals surface area (Å²) >= 11 is 0. The van der Waals surface area contributed by atoms with Gasteiger partial charge >= 0.3 is 0 Å². The Bertz CT molecular complexity index is 995. The average Bonchev–Trinajstić information content (AvgIpc) is 2.68. The molecule has 28 heavy (non-hydrogen) atoms. The molecule has 3 rings (SSSR count).